The first-order valence-electron chi connectivity index (χ1n) is 6.67. The van der Waals surface area contributed by atoms with E-state index in [0.29, 0.717) is 4.77 Å². The van der Waals surface area contributed by atoms with Crippen molar-refractivity contribution in [3.63, 3.8) is 0 Å². The van der Waals surface area contributed by atoms with E-state index >= 15 is 0 Å². The maximum atomic E-state index is 5.49. The van der Waals surface area contributed by atoms with Gasteiger partial charge in [0, 0.05) is 19.8 Å². The summed E-state index contributed by atoms with van der Waals surface area (Å²) in [6, 6.07) is 14.2. The van der Waals surface area contributed by atoms with E-state index in [0.717, 1.165) is 28.2 Å². The largest absolute Gasteiger partial charge is 0.494 e. The molecule has 3 aromatic rings. The van der Waals surface area contributed by atoms with E-state index in [9.17, 15) is 0 Å². The summed E-state index contributed by atoms with van der Waals surface area (Å²) in [5, 5.41) is 0. The molecule has 0 amide bonds. The second-order valence-electron chi connectivity index (χ2n) is 5.03. The second kappa shape index (κ2) is 5.26. The molecule has 108 valence electrons. The van der Waals surface area contributed by atoms with Crippen molar-refractivity contribution in [1.29, 1.82) is 0 Å². The summed E-state index contributed by atoms with van der Waals surface area (Å²) in [6.07, 6.45) is 0. The molecule has 1 N–H and O–H groups in total. The van der Waals surface area contributed by atoms with Crippen molar-refractivity contribution in [3.05, 3.63) is 47.2 Å². The number of rotatable bonds is 3. The Kier molecular flexibility index (Phi) is 3.43. The molecular weight excluding hydrogens is 282 g/mol. The Morgan fingerprint density at radius 1 is 1.14 bits per heavy atom. The number of para-hydroxylation sites is 1. The number of anilines is 1. The molecule has 21 heavy (non-hydrogen) atoms. The van der Waals surface area contributed by atoms with Gasteiger partial charge in [-0.2, -0.15) is 0 Å². The van der Waals surface area contributed by atoms with E-state index in [1.165, 1.54) is 0 Å². The van der Waals surface area contributed by atoms with Crippen LogP contribution in [-0.4, -0.2) is 30.8 Å². The molecular formula is C16H17N3OS. The minimum Gasteiger partial charge on any atom is -0.494 e. The van der Waals surface area contributed by atoms with Gasteiger partial charge in [0.15, 0.2) is 4.77 Å². The third-order valence-electron chi connectivity index (χ3n) is 3.50. The fourth-order valence-electron chi connectivity index (χ4n) is 2.44. The number of aromatic nitrogens is 2. The number of hydrogen-bond donors (Lipinski definition) is 1. The summed E-state index contributed by atoms with van der Waals surface area (Å²) in [6.45, 7) is 0. The van der Waals surface area contributed by atoms with Crippen LogP contribution >= 0.6 is 12.2 Å². The molecule has 0 spiro atoms. The first kappa shape index (κ1) is 13.7. The summed E-state index contributed by atoms with van der Waals surface area (Å²) in [7, 11) is 5.71. The number of ether oxygens (including phenoxy) is 1. The quantitative estimate of drug-likeness (QED) is 0.748. The van der Waals surface area contributed by atoms with Gasteiger partial charge >= 0.3 is 0 Å². The van der Waals surface area contributed by atoms with E-state index in [2.05, 4.69) is 28.1 Å². The molecule has 0 aliphatic rings. The van der Waals surface area contributed by atoms with Gasteiger partial charge in [0.1, 0.15) is 11.3 Å². The van der Waals surface area contributed by atoms with E-state index in [1.807, 2.05) is 42.9 Å². The van der Waals surface area contributed by atoms with Crippen LogP contribution in [-0.2, 0) is 0 Å². The summed E-state index contributed by atoms with van der Waals surface area (Å²) in [5.41, 5.74) is 4.09. The zero-order valence-electron chi connectivity index (χ0n) is 12.3. The summed E-state index contributed by atoms with van der Waals surface area (Å²) < 4.78 is 8.08. The average molecular weight is 299 g/mol. The third kappa shape index (κ3) is 2.29. The van der Waals surface area contributed by atoms with Crippen molar-refractivity contribution in [2.24, 2.45) is 0 Å². The zero-order chi connectivity index (χ0) is 15.0. The molecule has 0 fully saturated rings. The van der Waals surface area contributed by atoms with Crippen LogP contribution in [0.15, 0.2) is 42.5 Å². The first-order chi connectivity index (χ1) is 10.1. The molecule has 0 bridgehead atoms. The second-order valence-corrected chi connectivity index (χ2v) is 5.42. The van der Waals surface area contributed by atoms with Crippen LogP contribution in [0.3, 0.4) is 0 Å². The van der Waals surface area contributed by atoms with Crippen molar-refractivity contribution >= 4 is 28.9 Å². The van der Waals surface area contributed by atoms with Crippen molar-refractivity contribution < 1.29 is 4.74 Å². The molecule has 0 unspecified atom stereocenters. The summed E-state index contributed by atoms with van der Waals surface area (Å²) in [5.74, 6) is 0.793. The van der Waals surface area contributed by atoms with Crippen molar-refractivity contribution in [2.75, 3.05) is 26.1 Å². The van der Waals surface area contributed by atoms with Gasteiger partial charge in [-0.15, -0.1) is 0 Å². The summed E-state index contributed by atoms with van der Waals surface area (Å²) in [4.78, 5) is 5.30. The predicted molar refractivity (Wildman–Crippen MR) is 89.3 cm³/mol. The van der Waals surface area contributed by atoms with Crippen molar-refractivity contribution in [1.82, 2.24) is 9.55 Å². The van der Waals surface area contributed by atoms with Crippen LogP contribution in [0.4, 0.5) is 5.69 Å². The number of benzene rings is 2. The first-order valence-corrected chi connectivity index (χ1v) is 7.08. The Hall–Kier alpha value is -2.27. The van der Waals surface area contributed by atoms with E-state index in [4.69, 9.17) is 17.0 Å². The lowest BCUT2D eigenvalue weighted by molar-refractivity contribution is 0.419. The Morgan fingerprint density at radius 3 is 2.62 bits per heavy atom. The molecule has 0 aliphatic heterocycles. The number of aromatic amines is 1. The van der Waals surface area contributed by atoms with E-state index < -0.39 is 0 Å². The molecule has 4 nitrogen and oxygen atoms in total. The van der Waals surface area contributed by atoms with Gasteiger partial charge in [-0.25, -0.2) is 0 Å². The van der Waals surface area contributed by atoms with Gasteiger partial charge in [-0.05, 0) is 42.5 Å². The van der Waals surface area contributed by atoms with Crippen LogP contribution < -0.4 is 9.64 Å². The topological polar surface area (TPSA) is 33.2 Å². The molecule has 1 aromatic heterocycles. The average Bonchev–Trinajstić information content (AvgIpc) is 2.83. The molecule has 0 aliphatic carbocycles. The highest BCUT2D eigenvalue weighted by atomic mass is 32.1. The standard InChI is InChI=1S/C16H17N3OS/c1-18(2)11-6-4-7-12(10-11)19-13-8-5-9-14(20-3)15(13)17-16(19)21/h4-10H,1-3H3,(H,17,21). The lowest BCUT2D eigenvalue weighted by atomic mass is 10.2. The SMILES string of the molecule is COc1cccc2c1[nH]c(=S)n2-c1cccc(N(C)C)c1. The number of H-pyrrole nitrogens is 1. The molecule has 2 aromatic carbocycles. The number of nitrogens with zero attached hydrogens (tertiary/aromatic N) is 2. The monoisotopic (exact) mass is 299 g/mol. The maximum Gasteiger partial charge on any atom is 0.182 e. The minimum atomic E-state index is 0.658. The summed E-state index contributed by atoms with van der Waals surface area (Å²) >= 11 is 5.49. The highest BCUT2D eigenvalue weighted by Crippen LogP contribution is 2.28. The number of hydrogen-bond acceptors (Lipinski definition) is 3. The minimum absolute atomic E-state index is 0.658. The van der Waals surface area contributed by atoms with Gasteiger partial charge in [-0.3, -0.25) is 4.57 Å². The fraction of sp³-hybridized carbons (Fsp3) is 0.188. The zero-order valence-corrected chi connectivity index (χ0v) is 13.1. The van der Waals surface area contributed by atoms with Gasteiger partial charge in [0.25, 0.3) is 0 Å². The number of methoxy groups -OCH3 is 1. The maximum absolute atomic E-state index is 5.49. The third-order valence-corrected chi connectivity index (χ3v) is 3.79. The highest BCUT2D eigenvalue weighted by Gasteiger charge is 2.10. The highest BCUT2D eigenvalue weighted by molar-refractivity contribution is 7.71. The Bertz CT molecular complexity index is 848. The van der Waals surface area contributed by atoms with Crippen LogP contribution in [0.2, 0.25) is 0 Å². The van der Waals surface area contributed by atoms with Gasteiger partial charge in [0.05, 0.1) is 18.3 Å². The normalized spacial score (nSPS) is 10.8. The Morgan fingerprint density at radius 2 is 1.90 bits per heavy atom. The van der Waals surface area contributed by atoms with Crippen molar-refractivity contribution in [2.45, 2.75) is 0 Å². The van der Waals surface area contributed by atoms with Crippen LogP contribution in [0.25, 0.3) is 16.7 Å². The lowest BCUT2D eigenvalue weighted by Crippen LogP contribution is -2.09. The Balaban J connectivity index is 2.28. The number of nitrogens with one attached hydrogen (secondary N) is 1. The van der Waals surface area contributed by atoms with Gasteiger partial charge < -0.3 is 14.6 Å². The molecule has 0 saturated heterocycles. The van der Waals surface area contributed by atoms with Crippen molar-refractivity contribution in [3.8, 4) is 11.4 Å². The van der Waals surface area contributed by atoms with E-state index in [1.54, 1.807) is 7.11 Å². The number of fused-ring (bicyclic) bond motifs is 1. The molecule has 0 radical (unpaired) electrons. The fourth-order valence-corrected chi connectivity index (χ4v) is 2.75. The predicted octanol–water partition coefficient (Wildman–Crippen LogP) is 3.76. The van der Waals surface area contributed by atoms with Crippen LogP contribution in [0.1, 0.15) is 0 Å². The van der Waals surface area contributed by atoms with Crippen LogP contribution in [0, 0.1) is 4.77 Å². The van der Waals surface area contributed by atoms with Gasteiger partial charge in [-0.1, -0.05) is 12.1 Å². The van der Waals surface area contributed by atoms with Crippen LogP contribution in [0.5, 0.6) is 5.75 Å². The van der Waals surface area contributed by atoms with E-state index in [-0.39, 0.29) is 0 Å². The number of imidazole rings is 1. The Labute approximate surface area is 128 Å². The molecule has 1 heterocycles. The molecule has 0 saturated carbocycles. The van der Waals surface area contributed by atoms with Gasteiger partial charge in [0.2, 0.25) is 0 Å². The molecule has 0 atom stereocenters. The lowest BCUT2D eigenvalue weighted by Gasteiger charge is -2.14. The molecule has 5 heteroatoms. The smallest absolute Gasteiger partial charge is 0.182 e. The molecule has 3 rings (SSSR count).